The number of rotatable bonds is 7. The fraction of sp³-hybridized carbons (Fsp3) is 0.643. The first kappa shape index (κ1) is 16.2. The fourth-order valence-corrected chi connectivity index (χ4v) is 1.78. The van der Waals surface area contributed by atoms with Crippen molar-refractivity contribution < 1.29 is 4.79 Å². The molecule has 0 aliphatic heterocycles. The van der Waals surface area contributed by atoms with Crippen LogP contribution in [0.4, 0.5) is 11.6 Å². The Morgan fingerprint density at radius 3 is 2.30 bits per heavy atom. The van der Waals surface area contributed by atoms with Crippen molar-refractivity contribution in [2.45, 2.75) is 40.5 Å². The van der Waals surface area contributed by atoms with Gasteiger partial charge in [0.2, 0.25) is 5.91 Å². The minimum Gasteiger partial charge on any atom is -0.370 e. The highest BCUT2D eigenvalue weighted by molar-refractivity contribution is 5.80. The molecule has 0 fully saturated rings. The average molecular weight is 279 g/mol. The quantitative estimate of drug-likeness (QED) is 0.709. The molecule has 1 heterocycles. The molecule has 1 aromatic rings. The zero-order valence-corrected chi connectivity index (χ0v) is 12.9. The fourth-order valence-electron chi connectivity index (χ4n) is 1.78. The van der Waals surface area contributed by atoms with E-state index in [1.807, 2.05) is 20.8 Å². The lowest BCUT2D eigenvalue weighted by molar-refractivity contribution is -0.125. The lowest BCUT2D eigenvalue weighted by Crippen LogP contribution is -2.37. The molecule has 6 nitrogen and oxygen atoms in total. The van der Waals surface area contributed by atoms with Gasteiger partial charge in [-0.05, 0) is 26.7 Å². The van der Waals surface area contributed by atoms with Crippen molar-refractivity contribution in [3.63, 3.8) is 0 Å². The third-order valence-corrected chi connectivity index (χ3v) is 3.17. The summed E-state index contributed by atoms with van der Waals surface area (Å²) in [7, 11) is 0. The van der Waals surface area contributed by atoms with E-state index in [0.717, 1.165) is 23.7 Å². The number of hydrogen-bond donors (Lipinski definition) is 3. The first-order chi connectivity index (χ1) is 9.29. The van der Waals surface area contributed by atoms with Gasteiger partial charge in [0.1, 0.15) is 18.0 Å². The molecule has 0 aromatic carbocycles. The number of nitrogens with zero attached hydrogens (tertiary/aromatic N) is 2. The van der Waals surface area contributed by atoms with E-state index >= 15 is 0 Å². The summed E-state index contributed by atoms with van der Waals surface area (Å²) >= 11 is 0. The van der Waals surface area contributed by atoms with E-state index < -0.39 is 5.41 Å². The first-order valence-electron chi connectivity index (χ1n) is 6.92. The molecule has 0 aliphatic rings. The van der Waals surface area contributed by atoms with Crippen molar-refractivity contribution in [1.82, 2.24) is 9.97 Å². The number of amides is 1. The smallest absolute Gasteiger partial charge is 0.224 e. The van der Waals surface area contributed by atoms with E-state index in [-0.39, 0.29) is 11.8 Å². The molecule has 0 radical (unpaired) electrons. The van der Waals surface area contributed by atoms with Crippen LogP contribution in [0.5, 0.6) is 0 Å². The summed E-state index contributed by atoms with van der Waals surface area (Å²) in [4.78, 5) is 19.9. The third kappa shape index (κ3) is 3.82. The van der Waals surface area contributed by atoms with Crippen LogP contribution in [0.25, 0.3) is 0 Å². The summed E-state index contributed by atoms with van der Waals surface area (Å²) in [5.41, 5.74) is 5.78. The Bertz CT molecular complexity index is 471. The monoisotopic (exact) mass is 279 g/mol. The van der Waals surface area contributed by atoms with Crippen molar-refractivity contribution in [1.29, 1.82) is 0 Å². The predicted molar refractivity (Wildman–Crippen MR) is 81.7 cm³/mol. The van der Waals surface area contributed by atoms with Crippen LogP contribution in [0.3, 0.4) is 0 Å². The predicted octanol–water partition coefficient (Wildman–Crippen LogP) is 1.96. The van der Waals surface area contributed by atoms with Gasteiger partial charge in [-0.1, -0.05) is 13.8 Å². The largest absolute Gasteiger partial charge is 0.370 e. The average Bonchev–Trinajstić information content (AvgIpc) is 2.36. The third-order valence-electron chi connectivity index (χ3n) is 3.17. The molecule has 6 heteroatoms. The number of nitrogens with two attached hydrogens (primary N) is 1. The van der Waals surface area contributed by atoms with Gasteiger partial charge >= 0.3 is 0 Å². The minimum atomic E-state index is -0.627. The summed E-state index contributed by atoms with van der Waals surface area (Å²) in [6.45, 7) is 11.0. The summed E-state index contributed by atoms with van der Waals surface area (Å²) < 4.78 is 0. The van der Waals surface area contributed by atoms with Gasteiger partial charge in [0.15, 0.2) is 0 Å². The van der Waals surface area contributed by atoms with Crippen molar-refractivity contribution >= 4 is 17.5 Å². The number of carbonyl (C=O) groups is 1. The normalized spacial score (nSPS) is 11.5. The van der Waals surface area contributed by atoms with E-state index in [4.69, 9.17) is 5.73 Å². The van der Waals surface area contributed by atoms with E-state index in [2.05, 4.69) is 34.4 Å². The second-order valence-corrected chi connectivity index (χ2v) is 5.77. The highest BCUT2D eigenvalue weighted by atomic mass is 16.1. The Hall–Kier alpha value is -1.85. The SMILES string of the molecule is CCNc1ncnc(NCC(C)(C)C(N)=O)c1C(C)C. The molecule has 1 aromatic heterocycles. The van der Waals surface area contributed by atoms with Gasteiger partial charge in [-0.2, -0.15) is 0 Å². The van der Waals surface area contributed by atoms with E-state index in [0.29, 0.717) is 6.54 Å². The number of primary amides is 1. The van der Waals surface area contributed by atoms with E-state index in [9.17, 15) is 4.79 Å². The molecule has 0 bridgehead atoms. The van der Waals surface area contributed by atoms with Crippen LogP contribution < -0.4 is 16.4 Å². The summed E-state index contributed by atoms with van der Waals surface area (Å²) in [5.74, 6) is 1.51. The highest BCUT2D eigenvalue weighted by Gasteiger charge is 2.25. The van der Waals surface area contributed by atoms with E-state index in [1.165, 1.54) is 6.33 Å². The van der Waals surface area contributed by atoms with Gasteiger partial charge in [-0.15, -0.1) is 0 Å². The Morgan fingerprint density at radius 2 is 1.85 bits per heavy atom. The Morgan fingerprint density at radius 1 is 1.30 bits per heavy atom. The molecule has 1 amide bonds. The molecule has 0 unspecified atom stereocenters. The molecule has 0 saturated carbocycles. The molecule has 1 rings (SSSR count). The number of nitrogens with one attached hydrogen (secondary N) is 2. The van der Waals surface area contributed by atoms with Crippen LogP contribution in [-0.4, -0.2) is 29.0 Å². The van der Waals surface area contributed by atoms with E-state index in [1.54, 1.807) is 0 Å². The van der Waals surface area contributed by atoms with Gasteiger partial charge < -0.3 is 16.4 Å². The summed E-state index contributed by atoms with van der Waals surface area (Å²) in [6, 6.07) is 0. The second-order valence-electron chi connectivity index (χ2n) is 5.77. The standard InChI is InChI=1S/C14H25N5O/c1-6-16-11-10(9(2)3)12(19-8-18-11)17-7-14(4,5)13(15)20/h8-9H,6-7H2,1-5H3,(H2,15,20)(H2,16,17,18,19). The zero-order chi connectivity index (χ0) is 15.3. The number of hydrogen-bond acceptors (Lipinski definition) is 5. The Balaban J connectivity index is 3.00. The Kier molecular flexibility index (Phi) is 5.30. The minimum absolute atomic E-state index is 0.268. The molecule has 20 heavy (non-hydrogen) atoms. The van der Waals surface area contributed by atoms with Gasteiger partial charge in [-0.25, -0.2) is 9.97 Å². The molecular formula is C14H25N5O. The number of carbonyl (C=O) groups excluding carboxylic acids is 1. The van der Waals surface area contributed by atoms with Crippen LogP contribution >= 0.6 is 0 Å². The molecule has 0 saturated heterocycles. The number of anilines is 2. The first-order valence-corrected chi connectivity index (χ1v) is 6.92. The molecule has 4 N–H and O–H groups in total. The summed E-state index contributed by atoms with van der Waals surface area (Å²) in [5, 5.41) is 6.46. The maximum absolute atomic E-state index is 11.4. The van der Waals surface area contributed by atoms with Crippen LogP contribution in [0.1, 0.15) is 46.1 Å². The van der Waals surface area contributed by atoms with Crippen LogP contribution in [0.15, 0.2) is 6.33 Å². The maximum Gasteiger partial charge on any atom is 0.224 e. The van der Waals surface area contributed by atoms with Crippen LogP contribution in [0.2, 0.25) is 0 Å². The van der Waals surface area contributed by atoms with Crippen LogP contribution in [0, 0.1) is 5.41 Å². The van der Waals surface area contributed by atoms with Crippen LogP contribution in [-0.2, 0) is 4.79 Å². The number of aromatic nitrogens is 2. The highest BCUT2D eigenvalue weighted by Crippen LogP contribution is 2.29. The summed E-state index contributed by atoms with van der Waals surface area (Å²) in [6.07, 6.45) is 1.52. The van der Waals surface area contributed by atoms with Gasteiger partial charge in [0, 0.05) is 18.7 Å². The van der Waals surface area contributed by atoms with Crippen molar-refractivity contribution in [3.8, 4) is 0 Å². The maximum atomic E-state index is 11.4. The Labute approximate surface area is 120 Å². The topological polar surface area (TPSA) is 92.9 Å². The lowest BCUT2D eigenvalue weighted by Gasteiger charge is -2.23. The van der Waals surface area contributed by atoms with Crippen molar-refractivity contribution in [3.05, 3.63) is 11.9 Å². The van der Waals surface area contributed by atoms with Gasteiger partial charge in [0.25, 0.3) is 0 Å². The molecule has 0 aliphatic carbocycles. The van der Waals surface area contributed by atoms with Gasteiger partial charge in [-0.3, -0.25) is 4.79 Å². The molecule has 112 valence electrons. The molecule has 0 spiro atoms. The second kappa shape index (κ2) is 6.54. The van der Waals surface area contributed by atoms with Crippen molar-refractivity contribution in [2.24, 2.45) is 11.1 Å². The molecular weight excluding hydrogens is 254 g/mol. The zero-order valence-electron chi connectivity index (χ0n) is 12.9. The van der Waals surface area contributed by atoms with Gasteiger partial charge in [0.05, 0.1) is 5.41 Å². The molecule has 0 atom stereocenters. The lowest BCUT2D eigenvalue weighted by atomic mass is 9.92. The van der Waals surface area contributed by atoms with Crippen molar-refractivity contribution in [2.75, 3.05) is 23.7 Å².